The topological polar surface area (TPSA) is 87.6 Å². The highest BCUT2D eigenvalue weighted by atomic mass is 35.5. The van der Waals surface area contributed by atoms with E-state index in [1.54, 1.807) is 11.8 Å². The molecule has 6 nitrogen and oxygen atoms in total. The summed E-state index contributed by atoms with van der Waals surface area (Å²) in [6, 6.07) is 1.08. The van der Waals surface area contributed by atoms with Crippen LogP contribution in [0.25, 0.3) is 0 Å². The van der Waals surface area contributed by atoms with E-state index in [4.69, 9.17) is 16.7 Å². The lowest BCUT2D eigenvalue weighted by molar-refractivity contribution is 0.0696. The number of halogens is 1. The molecule has 1 aromatic rings. The van der Waals surface area contributed by atoms with Crippen LogP contribution >= 0.6 is 11.6 Å². The minimum Gasteiger partial charge on any atom is -0.478 e. The van der Waals surface area contributed by atoms with Crippen molar-refractivity contribution in [3.63, 3.8) is 0 Å². The van der Waals surface area contributed by atoms with Gasteiger partial charge in [-0.05, 0) is 13.0 Å². The van der Waals surface area contributed by atoms with Crippen LogP contribution in [0.2, 0.25) is 5.02 Å². The van der Waals surface area contributed by atoms with Crippen LogP contribution < -0.4 is 4.90 Å². The first-order valence-electron chi connectivity index (χ1n) is 5.66. The summed E-state index contributed by atoms with van der Waals surface area (Å²) in [7, 11) is -3.01. The minimum atomic E-state index is -3.01. The van der Waals surface area contributed by atoms with Gasteiger partial charge in [-0.25, -0.2) is 18.2 Å². The van der Waals surface area contributed by atoms with Gasteiger partial charge in [-0.2, -0.15) is 0 Å². The molecule has 2 rings (SSSR count). The highest BCUT2D eigenvalue weighted by Crippen LogP contribution is 2.27. The van der Waals surface area contributed by atoms with Gasteiger partial charge < -0.3 is 10.0 Å². The Labute approximate surface area is 115 Å². The molecule has 0 bridgehead atoms. The number of hydrogen-bond donors (Lipinski definition) is 1. The van der Waals surface area contributed by atoms with Crippen LogP contribution in [0.4, 0.5) is 5.82 Å². The highest BCUT2D eigenvalue weighted by Gasteiger charge is 2.30. The second kappa shape index (κ2) is 4.97. The Kier molecular flexibility index (Phi) is 3.69. The third kappa shape index (κ3) is 2.98. The van der Waals surface area contributed by atoms with Crippen molar-refractivity contribution in [1.29, 1.82) is 0 Å². The normalized spacial score (nSPS) is 22.2. The summed E-state index contributed by atoms with van der Waals surface area (Å²) in [5, 5.41) is 9.05. The first kappa shape index (κ1) is 14.1. The van der Waals surface area contributed by atoms with E-state index in [2.05, 4.69) is 4.98 Å². The molecule has 8 heteroatoms. The van der Waals surface area contributed by atoms with E-state index >= 15 is 0 Å². The van der Waals surface area contributed by atoms with Crippen molar-refractivity contribution in [2.45, 2.75) is 13.0 Å². The summed E-state index contributed by atoms with van der Waals surface area (Å²) < 4.78 is 23.0. The smallest absolute Gasteiger partial charge is 0.337 e. The molecule has 104 valence electrons. The van der Waals surface area contributed by atoms with E-state index < -0.39 is 15.8 Å². The Bertz CT molecular complexity index is 617. The molecule has 0 aromatic carbocycles. The second-order valence-corrected chi connectivity index (χ2v) is 7.13. The average molecular weight is 305 g/mol. The first-order valence-corrected chi connectivity index (χ1v) is 7.86. The maximum Gasteiger partial charge on any atom is 0.337 e. The summed E-state index contributed by atoms with van der Waals surface area (Å²) in [5.41, 5.74) is 0.00559. The molecule has 2 heterocycles. The van der Waals surface area contributed by atoms with Gasteiger partial charge in [0.25, 0.3) is 0 Å². The van der Waals surface area contributed by atoms with Crippen molar-refractivity contribution in [1.82, 2.24) is 4.98 Å². The minimum absolute atomic E-state index is 0.00559. The summed E-state index contributed by atoms with van der Waals surface area (Å²) >= 11 is 6.03. The maximum absolute atomic E-state index is 11.5. The van der Waals surface area contributed by atoms with Crippen molar-refractivity contribution >= 4 is 33.2 Å². The first-order chi connectivity index (χ1) is 8.80. The SMILES string of the molecule is CC1CS(=O)(=O)CCN1c1ncc(C(=O)O)cc1Cl. The molecular formula is C11H13ClN2O4S. The number of anilines is 1. The van der Waals surface area contributed by atoms with Crippen LogP contribution in [-0.4, -0.2) is 48.6 Å². The Balaban J connectivity index is 2.30. The number of rotatable bonds is 2. The van der Waals surface area contributed by atoms with Gasteiger partial charge >= 0.3 is 5.97 Å². The van der Waals surface area contributed by atoms with Crippen LogP contribution in [0.15, 0.2) is 12.3 Å². The summed E-state index contributed by atoms with van der Waals surface area (Å²) in [4.78, 5) is 16.6. The lowest BCUT2D eigenvalue weighted by Crippen LogP contribution is -2.47. The number of aromatic carboxylic acids is 1. The van der Waals surface area contributed by atoms with Gasteiger partial charge in [0, 0.05) is 18.8 Å². The third-order valence-corrected chi connectivity index (χ3v) is 5.08. The molecule has 1 N–H and O–H groups in total. The van der Waals surface area contributed by atoms with Gasteiger partial charge in [-0.1, -0.05) is 11.6 Å². The van der Waals surface area contributed by atoms with Crippen molar-refractivity contribution in [2.24, 2.45) is 0 Å². The number of carboxylic acids is 1. The van der Waals surface area contributed by atoms with Crippen LogP contribution in [0.1, 0.15) is 17.3 Å². The second-order valence-electron chi connectivity index (χ2n) is 4.49. The van der Waals surface area contributed by atoms with E-state index in [0.29, 0.717) is 12.4 Å². The van der Waals surface area contributed by atoms with Crippen LogP contribution in [0, 0.1) is 0 Å². The monoisotopic (exact) mass is 304 g/mol. The molecule has 0 amide bonds. The van der Waals surface area contributed by atoms with Crippen molar-refractivity contribution < 1.29 is 18.3 Å². The van der Waals surface area contributed by atoms with Crippen LogP contribution in [0.5, 0.6) is 0 Å². The Hall–Kier alpha value is -1.34. The number of sulfone groups is 1. The molecule has 1 unspecified atom stereocenters. The molecule has 1 aliphatic heterocycles. The van der Waals surface area contributed by atoms with E-state index in [0.717, 1.165) is 0 Å². The number of nitrogens with zero attached hydrogens (tertiary/aromatic N) is 2. The van der Waals surface area contributed by atoms with Gasteiger partial charge in [0.1, 0.15) is 5.82 Å². The van der Waals surface area contributed by atoms with Gasteiger partial charge in [0.2, 0.25) is 0 Å². The van der Waals surface area contributed by atoms with E-state index in [1.165, 1.54) is 12.3 Å². The standard InChI is InChI=1S/C11H13ClN2O4S/c1-7-6-19(17,18)3-2-14(7)10-9(12)4-8(5-13-10)11(15)16/h4-5,7H,2-3,6H2,1H3,(H,15,16). The van der Waals surface area contributed by atoms with E-state index in [1.807, 2.05) is 0 Å². The molecule has 19 heavy (non-hydrogen) atoms. The lowest BCUT2D eigenvalue weighted by atomic mass is 10.2. The number of hydrogen-bond acceptors (Lipinski definition) is 5. The zero-order chi connectivity index (χ0) is 14.2. The molecule has 1 saturated heterocycles. The van der Waals surface area contributed by atoms with Crippen molar-refractivity contribution in [3.8, 4) is 0 Å². The molecule has 0 aliphatic carbocycles. The quantitative estimate of drug-likeness (QED) is 0.879. The zero-order valence-corrected chi connectivity index (χ0v) is 11.8. The van der Waals surface area contributed by atoms with Crippen LogP contribution in [0.3, 0.4) is 0 Å². The fourth-order valence-corrected chi connectivity index (χ4v) is 3.90. The number of carbonyl (C=O) groups is 1. The predicted octanol–water partition coefficient (Wildman–Crippen LogP) is 1.06. The highest BCUT2D eigenvalue weighted by molar-refractivity contribution is 7.91. The van der Waals surface area contributed by atoms with Gasteiger partial charge in [0.15, 0.2) is 9.84 Å². The zero-order valence-electron chi connectivity index (χ0n) is 10.2. The molecular weight excluding hydrogens is 292 g/mol. The molecule has 1 aliphatic rings. The number of pyridine rings is 1. The van der Waals surface area contributed by atoms with Gasteiger partial charge in [-0.15, -0.1) is 0 Å². The Morgan fingerprint density at radius 3 is 2.79 bits per heavy atom. The molecule has 1 fully saturated rings. The fourth-order valence-electron chi connectivity index (χ4n) is 2.07. The largest absolute Gasteiger partial charge is 0.478 e. The summed E-state index contributed by atoms with van der Waals surface area (Å²) in [5.74, 6) is -0.578. The van der Waals surface area contributed by atoms with Crippen molar-refractivity contribution in [3.05, 3.63) is 22.8 Å². The maximum atomic E-state index is 11.5. The van der Waals surface area contributed by atoms with Gasteiger partial charge in [-0.3, -0.25) is 0 Å². The average Bonchev–Trinajstić information content (AvgIpc) is 2.29. The van der Waals surface area contributed by atoms with E-state index in [9.17, 15) is 13.2 Å². The third-order valence-electron chi connectivity index (χ3n) is 3.01. The lowest BCUT2D eigenvalue weighted by Gasteiger charge is -2.34. The molecule has 0 saturated carbocycles. The van der Waals surface area contributed by atoms with E-state index in [-0.39, 0.29) is 28.1 Å². The number of carboxylic acid groups (broad SMARTS) is 1. The number of aromatic nitrogens is 1. The van der Waals surface area contributed by atoms with Crippen molar-refractivity contribution in [2.75, 3.05) is 23.0 Å². The van der Waals surface area contributed by atoms with Crippen LogP contribution in [-0.2, 0) is 9.84 Å². The van der Waals surface area contributed by atoms with Gasteiger partial charge in [0.05, 0.1) is 22.1 Å². The summed E-state index contributed by atoms with van der Waals surface area (Å²) in [6.07, 6.45) is 1.22. The fraction of sp³-hybridized carbons (Fsp3) is 0.455. The predicted molar refractivity (Wildman–Crippen MR) is 71.7 cm³/mol. The molecule has 1 aromatic heterocycles. The molecule has 0 spiro atoms. The molecule has 0 radical (unpaired) electrons. The Morgan fingerprint density at radius 2 is 2.26 bits per heavy atom. The summed E-state index contributed by atoms with van der Waals surface area (Å²) in [6.45, 7) is 2.09. The Morgan fingerprint density at radius 1 is 1.58 bits per heavy atom. The molecule has 1 atom stereocenters.